The number of nitrogens with zero attached hydrogens (tertiary/aromatic N) is 4. The third kappa shape index (κ3) is 3.31. The molecule has 2 aromatic heterocycles. The molecule has 2 N–H and O–H groups in total. The average Bonchev–Trinajstić information content (AvgIpc) is 3.25. The van der Waals surface area contributed by atoms with Crippen LogP contribution in [-0.2, 0) is 11.2 Å². The maximum absolute atomic E-state index is 12.6. The number of aromatic nitrogens is 4. The van der Waals surface area contributed by atoms with Gasteiger partial charge in [-0.3, -0.25) is 4.79 Å². The number of carbonyl (C=O) groups excluding carboxylic acids is 1. The molecule has 0 spiro atoms. The molecule has 3 heterocycles. The molecule has 0 aliphatic carbocycles. The highest BCUT2D eigenvalue weighted by atomic mass is 16.2. The number of rotatable bonds is 6. The third-order valence-electron chi connectivity index (χ3n) is 4.57. The van der Waals surface area contributed by atoms with Gasteiger partial charge in [0.15, 0.2) is 11.5 Å². The van der Waals surface area contributed by atoms with E-state index in [2.05, 4.69) is 37.4 Å². The van der Waals surface area contributed by atoms with Crippen molar-refractivity contribution in [2.24, 2.45) is 0 Å². The van der Waals surface area contributed by atoms with Crippen LogP contribution < -0.4 is 5.32 Å². The van der Waals surface area contributed by atoms with Crippen molar-refractivity contribution in [3.05, 3.63) is 48.5 Å². The van der Waals surface area contributed by atoms with Crippen LogP contribution in [0.25, 0.3) is 11.2 Å². The van der Waals surface area contributed by atoms with Crippen LogP contribution in [0.15, 0.2) is 43.0 Å². The Morgan fingerprint density at radius 1 is 1.20 bits per heavy atom. The van der Waals surface area contributed by atoms with Crippen molar-refractivity contribution in [3.63, 3.8) is 0 Å². The van der Waals surface area contributed by atoms with Crippen LogP contribution in [0, 0.1) is 0 Å². The number of nitrogens with one attached hydrogen (secondary N) is 2. The number of imidazole rings is 1. The second kappa shape index (κ2) is 6.88. The van der Waals surface area contributed by atoms with Gasteiger partial charge in [-0.1, -0.05) is 30.3 Å². The highest BCUT2D eigenvalue weighted by molar-refractivity contribution is 5.89. The summed E-state index contributed by atoms with van der Waals surface area (Å²) < 4.78 is 0. The fraction of sp³-hybridized carbons (Fsp3) is 0.333. The maximum Gasteiger partial charge on any atom is 0.245 e. The van der Waals surface area contributed by atoms with Crippen LogP contribution in [0.4, 0.5) is 5.82 Å². The molecule has 0 bridgehead atoms. The van der Waals surface area contributed by atoms with E-state index >= 15 is 0 Å². The van der Waals surface area contributed by atoms with Crippen LogP contribution >= 0.6 is 0 Å². The molecule has 1 aliphatic rings. The topological polar surface area (TPSA) is 86.8 Å². The zero-order valence-electron chi connectivity index (χ0n) is 13.9. The highest BCUT2D eigenvalue weighted by Gasteiger charge is 2.31. The van der Waals surface area contributed by atoms with E-state index in [1.165, 1.54) is 11.9 Å². The smallest absolute Gasteiger partial charge is 0.245 e. The fourth-order valence-corrected chi connectivity index (χ4v) is 3.25. The monoisotopic (exact) mass is 336 g/mol. The van der Waals surface area contributed by atoms with Gasteiger partial charge in [-0.15, -0.1) is 0 Å². The molecule has 7 heteroatoms. The van der Waals surface area contributed by atoms with Crippen molar-refractivity contribution in [2.75, 3.05) is 18.4 Å². The van der Waals surface area contributed by atoms with Gasteiger partial charge in [0.25, 0.3) is 0 Å². The molecular weight excluding hydrogens is 316 g/mol. The van der Waals surface area contributed by atoms with E-state index in [1.54, 1.807) is 6.33 Å². The summed E-state index contributed by atoms with van der Waals surface area (Å²) in [5.74, 6) is 0.770. The molecule has 25 heavy (non-hydrogen) atoms. The van der Waals surface area contributed by atoms with E-state index in [9.17, 15) is 4.79 Å². The van der Waals surface area contributed by atoms with Gasteiger partial charge in [-0.2, -0.15) is 0 Å². The van der Waals surface area contributed by atoms with Crippen LogP contribution in [0.3, 0.4) is 0 Å². The van der Waals surface area contributed by atoms with E-state index < -0.39 is 0 Å². The summed E-state index contributed by atoms with van der Waals surface area (Å²) in [5.41, 5.74) is 2.65. The van der Waals surface area contributed by atoms with E-state index in [-0.39, 0.29) is 11.9 Å². The van der Waals surface area contributed by atoms with E-state index in [1.807, 2.05) is 23.1 Å². The molecule has 4 rings (SSSR count). The molecule has 7 nitrogen and oxygen atoms in total. The van der Waals surface area contributed by atoms with Gasteiger partial charge in [-0.25, -0.2) is 15.0 Å². The third-order valence-corrected chi connectivity index (χ3v) is 4.57. The number of fused-ring (bicyclic) bond motifs is 1. The first-order chi connectivity index (χ1) is 12.3. The number of hydrogen-bond acceptors (Lipinski definition) is 5. The van der Waals surface area contributed by atoms with Crippen molar-refractivity contribution >= 4 is 22.9 Å². The van der Waals surface area contributed by atoms with Gasteiger partial charge in [0.2, 0.25) is 5.91 Å². The second-order valence-corrected chi connectivity index (χ2v) is 6.22. The lowest BCUT2D eigenvalue weighted by atomic mass is 10.1. The molecule has 128 valence electrons. The van der Waals surface area contributed by atoms with Crippen LogP contribution in [0.2, 0.25) is 0 Å². The van der Waals surface area contributed by atoms with Crippen molar-refractivity contribution in [1.82, 2.24) is 24.8 Å². The van der Waals surface area contributed by atoms with Crippen molar-refractivity contribution in [1.29, 1.82) is 0 Å². The summed E-state index contributed by atoms with van der Waals surface area (Å²) in [5, 5.41) is 3.24. The van der Waals surface area contributed by atoms with Crippen LogP contribution in [-0.4, -0.2) is 49.9 Å². The summed E-state index contributed by atoms with van der Waals surface area (Å²) in [6, 6.07) is 10.1. The Kier molecular flexibility index (Phi) is 4.28. The molecule has 0 saturated carbocycles. The first-order valence-electron chi connectivity index (χ1n) is 8.54. The number of aryl methyl sites for hydroxylation is 1. The molecule has 1 fully saturated rings. The Morgan fingerprint density at radius 2 is 2.08 bits per heavy atom. The number of carbonyl (C=O) groups is 1. The Morgan fingerprint density at radius 3 is 2.96 bits per heavy atom. The molecule has 1 aliphatic heterocycles. The minimum Gasteiger partial charge on any atom is -0.356 e. The zero-order chi connectivity index (χ0) is 17.1. The van der Waals surface area contributed by atoms with Gasteiger partial charge in [0.1, 0.15) is 17.9 Å². The lowest BCUT2D eigenvalue weighted by molar-refractivity contribution is -0.128. The number of H-pyrrole nitrogens is 1. The fourth-order valence-electron chi connectivity index (χ4n) is 3.25. The minimum atomic E-state index is -0.238. The number of amides is 1. The highest BCUT2D eigenvalue weighted by Crippen LogP contribution is 2.20. The Balaban J connectivity index is 1.34. The number of aromatic amines is 1. The van der Waals surface area contributed by atoms with Crippen molar-refractivity contribution in [2.45, 2.75) is 25.3 Å². The lowest BCUT2D eigenvalue weighted by Crippen LogP contribution is -2.34. The molecule has 0 radical (unpaired) electrons. The van der Waals surface area contributed by atoms with Crippen molar-refractivity contribution < 1.29 is 4.79 Å². The molecule has 1 amide bonds. The van der Waals surface area contributed by atoms with E-state index in [0.717, 1.165) is 37.9 Å². The van der Waals surface area contributed by atoms with E-state index in [0.29, 0.717) is 11.5 Å². The second-order valence-electron chi connectivity index (χ2n) is 6.22. The Bertz CT molecular complexity index is 862. The number of hydrogen-bond donors (Lipinski definition) is 2. The predicted octanol–water partition coefficient (Wildman–Crippen LogP) is 2.00. The molecule has 1 aromatic carbocycles. The van der Waals surface area contributed by atoms with Gasteiger partial charge in [-0.05, 0) is 24.8 Å². The van der Waals surface area contributed by atoms with Gasteiger partial charge in [0.05, 0.1) is 6.33 Å². The molecule has 1 saturated heterocycles. The van der Waals surface area contributed by atoms with Gasteiger partial charge < -0.3 is 15.2 Å². The number of likely N-dealkylation sites (tertiary alicyclic amines) is 1. The minimum absolute atomic E-state index is 0.138. The summed E-state index contributed by atoms with van der Waals surface area (Å²) in [4.78, 5) is 30.0. The first kappa shape index (κ1) is 15.6. The average molecular weight is 336 g/mol. The van der Waals surface area contributed by atoms with Crippen LogP contribution in [0.1, 0.15) is 18.4 Å². The first-order valence-corrected chi connectivity index (χ1v) is 8.54. The normalized spacial score (nSPS) is 17.4. The molecular formula is C18H20N6O. The molecule has 1 atom stereocenters. The SMILES string of the molecule is O=C1C(Nc2ncnc3nc[nH]c23)CCN1CCCc1ccccc1. The quantitative estimate of drug-likeness (QED) is 0.719. The van der Waals surface area contributed by atoms with Gasteiger partial charge >= 0.3 is 0 Å². The predicted molar refractivity (Wildman–Crippen MR) is 95.1 cm³/mol. The summed E-state index contributed by atoms with van der Waals surface area (Å²) in [7, 11) is 0. The number of anilines is 1. The maximum atomic E-state index is 12.6. The Hall–Kier alpha value is -2.96. The lowest BCUT2D eigenvalue weighted by Gasteiger charge is -2.17. The molecule has 1 unspecified atom stereocenters. The largest absolute Gasteiger partial charge is 0.356 e. The van der Waals surface area contributed by atoms with Crippen LogP contribution in [0.5, 0.6) is 0 Å². The summed E-state index contributed by atoms with van der Waals surface area (Å²) in [6.07, 6.45) is 5.79. The van der Waals surface area contributed by atoms with Crippen molar-refractivity contribution in [3.8, 4) is 0 Å². The van der Waals surface area contributed by atoms with Gasteiger partial charge in [0, 0.05) is 13.1 Å². The Labute approximate surface area is 145 Å². The standard InChI is InChI=1S/C18H20N6O/c25-18-14(23-17-15-16(20-11-19-15)21-12-22-17)8-10-24(18)9-4-7-13-5-2-1-3-6-13/h1-3,5-6,11-12,14H,4,7-10H2,(H2,19,20,21,22,23). The summed E-state index contributed by atoms with van der Waals surface area (Å²) in [6.45, 7) is 1.57. The zero-order valence-corrected chi connectivity index (χ0v) is 13.9. The molecule has 3 aromatic rings. The summed E-state index contributed by atoms with van der Waals surface area (Å²) >= 11 is 0. The van der Waals surface area contributed by atoms with E-state index in [4.69, 9.17) is 0 Å². The number of benzene rings is 1.